The second kappa shape index (κ2) is 7.24. The van der Waals surface area contributed by atoms with E-state index in [0.717, 1.165) is 8.95 Å². The largest absolute Gasteiger partial charge is 0.316 e. The van der Waals surface area contributed by atoms with Crippen LogP contribution in [-0.2, 0) is 0 Å². The Balaban J connectivity index is 2.40. The molecule has 0 aromatic heterocycles. The van der Waals surface area contributed by atoms with Crippen molar-refractivity contribution in [3.63, 3.8) is 0 Å². The van der Waals surface area contributed by atoms with Crippen molar-refractivity contribution in [1.82, 2.24) is 0 Å². The number of nitrogens with one attached hydrogen (secondary N) is 1. The lowest BCUT2D eigenvalue weighted by Gasteiger charge is -2.09. The number of halogens is 4. The second-order valence-electron chi connectivity index (χ2n) is 4.12. The van der Waals surface area contributed by atoms with E-state index in [-0.39, 0.29) is 16.4 Å². The lowest BCUT2D eigenvalue weighted by Crippen LogP contribution is -2.15. The number of carbonyl (C=O) groups excluding carboxylic acids is 1. The molecule has 2 aromatic rings. The third kappa shape index (κ3) is 3.98. The Morgan fingerprint density at radius 2 is 1.95 bits per heavy atom. The van der Waals surface area contributed by atoms with Gasteiger partial charge in [0, 0.05) is 23.6 Å². The number of hydrogen-bond donors (Lipinski definition) is 1. The van der Waals surface area contributed by atoms with Gasteiger partial charge in [-0.25, -0.2) is 0 Å². The summed E-state index contributed by atoms with van der Waals surface area (Å²) in [6, 6.07) is 7.52. The number of nitro benzene ring substituents is 1. The van der Waals surface area contributed by atoms with Crippen molar-refractivity contribution in [1.29, 1.82) is 0 Å². The molecule has 9 heteroatoms. The maximum Gasteiger partial charge on any atom is 0.294 e. The molecular formula is C13H6Br2ClIN2O3. The Bertz CT molecular complexity index is 786. The molecule has 5 nitrogen and oxygen atoms in total. The summed E-state index contributed by atoms with van der Waals surface area (Å²) in [5.74, 6) is -0.447. The minimum absolute atomic E-state index is 0.0892. The van der Waals surface area contributed by atoms with Crippen molar-refractivity contribution >= 4 is 83.3 Å². The summed E-state index contributed by atoms with van der Waals surface area (Å²) in [6.45, 7) is 0. The van der Waals surface area contributed by atoms with Crippen LogP contribution in [0.4, 0.5) is 11.4 Å². The molecule has 0 fully saturated rings. The van der Waals surface area contributed by atoms with E-state index in [2.05, 4.69) is 37.2 Å². The van der Waals surface area contributed by atoms with Gasteiger partial charge in [0.1, 0.15) is 5.69 Å². The summed E-state index contributed by atoms with van der Waals surface area (Å²) in [5, 5.41) is 13.8. The summed E-state index contributed by atoms with van der Waals surface area (Å²) in [5.41, 5.74) is 0.224. The molecule has 2 rings (SSSR count). The van der Waals surface area contributed by atoms with Crippen LogP contribution in [0.1, 0.15) is 10.4 Å². The Morgan fingerprint density at radius 1 is 1.27 bits per heavy atom. The van der Waals surface area contributed by atoms with Gasteiger partial charge >= 0.3 is 0 Å². The number of rotatable bonds is 3. The lowest BCUT2D eigenvalue weighted by molar-refractivity contribution is -0.383. The van der Waals surface area contributed by atoms with Crippen LogP contribution >= 0.6 is 66.1 Å². The molecule has 0 atom stereocenters. The molecule has 22 heavy (non-hydrogen) atoms. The van der Waals surface area contributed by atoms with E-state index in [1.165, 1.54) is 18.2 Å². The molecule has 0 aliphatic rings. The molecule has 0 aliphatic heterocycles. The topological polar surface area (TPSA) is 72.2 Å². The molecule has 0 saturated heterocycles. The highest BCUT2D eigenvalue weighted by atomic mass is 127. The first-order valence-electron chi connectivity index (χ1n) is 5.69. The molecule has 1 N–H and O–H groups in total. The highest BCUT2D eigenvalue weighted by molar-refractivity contribution is 14.1. The van der Waals surface area contributed by atoms with Gasteiger partial charge in [-0.1, -0.05) is 27.5 Å². The molecular weight excluding hydrogens is 554 g/mol. The number of benzene rings is 2. The van der Waals surface area contributed by atoms with Gasteiger partial charge in [0.15, 0.2) is 0 Å². The van der Waals surface area contributed by atoms with Crippen LogP contribution < -0.4 is 5.32 Å². The summed E-state index contributed by atoms with van der Waals surface area (Å²) in [4.78, 5) is 22.8. The summed E-state index contributed by atoms with van der Waals surface area (Å²) >= 11 is 14.4. The fourth-order valence-electron chi connectivity index (χ4n) is 1.67. The third-order valence-electron chi connectivity index (χ3n) is 2.64. The van der Waals surface area contributed by atoms with E-state index < -0.39 is 10.8 Å². The van der Waals surface area contributed by atoms with E-state index in [1.807, 2.05) is 28.7 Å². The first kappa shape index (κ1) is 17.6. The van der Waals surface area contributed by atoms with Crippen LogP contribution in [0.5, 0.6) is 0 Å². The Kier molecular flexibility index (Phi) is 5.81. The number of nitro groups is 1. The summed E-state index contributed by atoms with van der Waals surface area (Å²) in [7, 11) is 0. The predicted molar refractivity (Wildman–Crippen MR) is 101 cm³/mol. The summed E-state index contributed by atoms with van der Waals surface area (Å²) < 4.78 is 2.17. The van der Waals surface area contributed by atoms with Gasteiger partial charge < -0.3 is 5.32 Å². The average molecular weight is 560 g/mol. The molecule has 114 valence electrons. The van der Waals surface area contributed by atoms with Crippen molar-refractivity contribution in [2.24, 2.45) is 0 Å². The zero-order valence-corrected chi connectivity index (χ0v) is 16.7. The Morgan fingerprint density at radius 3 is 2.59 bits per heavy atom. The number of nitrogens with zero attached hydrogens (tertiary/aromatic N) is 1. The zero-order chi connectivity index (χ0) is 16.4. The molecule has 0 aliphatic carbocycles. The Labute approximate surface area is 161 Å². The van der Waals surface area contributed by atoms with Crippen molar-refractivity contribution in [2.75, 3.05) is 5.32 Å². The van der Waals surface area contributed by atoms with E-state index >= 15 is 0 Å². The number of anilines is 1. The minimum Gasteiger partial charge on any atom is -0.316 e. The van der Waals surface area contributed by atoms with Gasteiger partial charge in [-0.05, 0) is 62.8 Å². The number of amides is 1. The maximum atomic E-state index is 12.4. The molecule has 0 unspecified atom stereocenters. The van der Waals surface area contributed by atoms with Gasteiger partial charge in [0.25, 0.3) is 11.6 Å². The zero-order valence-electron chi connectivity index (χ0n) is 10.6. The predicted octanol–water partition coefficient (Wildman–Crippen LogP) is 5.63. The highest BCUT2D eigenvalue weighted by Gasteiger charge is 2.19. The normalized spacial score (nSPS) is 10.4. The molecule has 0 spiro atoms. The fraction of sp³-hybridized carbons (Fsp3) is 0. The third-order valence-corrected chi connectivity index (χ3v) is 5.86. The molecule has 2 aromatic carbocycles. The van der Waals surface area contributed by atoms with Crippen LogP contribution in [0.3, 0.4) is 0 Å². The monoisotopic (exact) mass is 558 g/mol. The van der Waals surface area contributed by atoms with Gasteiger partial charge in [-0.15, -0.1) is 0 Å². The van der Waals surface area contributed by atoms with E-state index in [4.69, 9.17) is 11.6 Å². The molecule has 0 bridgehead atoms. The first-order chi connectivity index (χ1) is 10.3. The molecule has 0 radical (unpaired) electrons. The van der Waals surface area contributed by atoms with E-state index in [9.17, 15) is 14.9 Å². The van der Waals surface area contributed by atoms with Crippen molar-refractivity contribution < 1.29 is 9.72 Å². The van der Waals surface area contributed by atoms with E-state index in [0.29, 0.717) is 9.13 Å². The van der Waals surface area contributed by atoms with Crippen LogP contribution in [-0.4, -0.2) is 10.8 Å². The van der Waals surface area contributed by atoms with Crippen LogP contribution in [0.15, 0.2) is 39.3 Å². The van der Waals surface area contributed by atoms with Crippen molar-refractivity contribution in [3.05, 3.63) is 63.5 Å². The fourth-order valence-corrected chi connectivity index (χ4v) is 3.62. The Hall–Kier alpha value is -0.710. The maximum absolute atomic E-state index is 12.4. The molecule has 1 amide bonds. The quantitative estimate of drug-likeness (QED) is 0.229. The van der Waals surface area contributed by atoms with E-state index in [1.54, 1.807) is 6.07 Å². The minimum atomic E-state index is -0.594. The standard InChI is InChI=1S/C13H6Br2ClIN2O3/c14-6-3-8(12(17)9(15)4-6)13(20)18-10-2-1-7(16)5-11(10)19(21)22/h1-5H,(H,18,20). The molecule has 0 heterocycles. The first-order valence-corrected chi connectivity index (χ1v) is 8.73. The van der Waals surface area contributed by atoms with Gasteiger partial charge in [-0.2, -0.15) is 0 Å². The lowest BCUT2D eigenvalue weighted by atomic mass is 10.2. The van der Waals surface area contributed by atoms with Crippen molar-refractivity contribution in [3.8, 4) is 0 Å². The van der Waals surface area contributed by atoms with Gasteiger partial charge in [0.05, 0.1) is 10.5 Å². The van der Waals surface area contributed by atoms with Gasteiger partial charge in [-0.3, -0.25) is 14.9 Å². The summed E-state index contributed by atoms with van der Waals surface area (Å²) in [6.07, 6.45) is 0. The SMILES string of the molecule is O=C(Nc1ccc(Cl)cc1[N+](=O)[O-])c1cc(Br)cc(Br)c1I. The molecule has 0 saturated carbocycles. The van der Waals surface area contributed by atoms with Gasteiger partial charge in [0.2, 0.25) is 0 Å². The smallest absolute Gasteiger partial charge is 0.294 e. The van der Waals surface area contributed by atoms with Crippen LogP contribution in [0.2, 0.25) is 5.02 Å². The van der Waals surface area contributed by atoms with Crippen LogP contribution in [0, 0.1) is 13.7 Å². The second-order valence-corrected chi connectivity index (χ2v) is 7.41. The highest BCUT2D eigenvalue weighted by Crippen LogP contribution is 2.31. The number of carbonyl (C=O) groups is 1. The van der Waals surface area contributed by atoms with Crippen molar-refractivity contribution in [2.45, 2.75) is 0 Å². The average Bonchev–Trinajstić information content (AvgIpc) is 2.44. The number of hydrogen-bond acceptors (Lipinski definition) is 3. The van der Waals surface area contributed by atoms with Crippen LogP contribution in [0.25, 0.3) is 0 Å².